The Hall–Kier alpha value is -3.07. The summed E-state index contributed by atoms with van der Waals surface area (Å²) in [5.41, 5.74) is 2.88. The van der Waals surface area contributed by atoms with Gasteiger partial charge < -0.3 is 5.32 Å². The number of hydrogen-bond acceptors (Lipinski definition) is 5. The molecule has 158 valence electrons. The van der Waals surface area contributed by atoms with Crippen LogP contribution in [0.1, 0.15) is 20.8 Å². The first-order valence-electron chi connectivity index (χ1n) is 9.72. The number of nitrogens with one attached hydrogen (secondary N) is 2. The highest BCUT2D eigenvalue weighted by atomic mass is 32.2. The highest BCUT2D eigenvalue weighted by molar-refractivity contribution is 7.89. The second-order valence-electron chi connectivity index (χ2n) is 7.04. The molecule has 4 aromatic rings. The van der Waals surface area contributed by atoms with Gasteiger partial charge in [-0.05, 0) is 72.8 Å². The molecule has 0 fully saturated rings. The molecule has 2 aromatic heterocycles. The van der Waals surface area contributed by atoms with Gasteiger partial charge in [-0.2, -0.15) is 0 Å². The van der Waals surface area contributed by atoms with E-state index in [1.807, 2.05) is 48.7 Å². The zero-order valence-electron chi connectivity index (χ0n) is 16.8. The fraction of sp³-hybridized carbons (Fsp3) is 0.130. The Balaban J connectivity index is 1.45. The zero-order chi connectivity index (χ0) is 21.8. The largest absolute Gasteiger partial charge is 0.321 e. The first kappa shape index (κ1) is 21.2. The number of aryl methyl sites for hydroxylation is 1. The molecule has 0 bridgehead atoms. The average Bonchev–Trinajstić information content (AvgIpc) is 3.29. The fourth-order valence-electron chi connectivity index (χ4n) is 3.25. The second kappa shape index (κ2) is 8.97. The Morgan fingerprint density at radius 1 is 1.03 bits per heavy atom. The van der Waals surface area contributed by atoms with Crippen LogP contribution >= 0.6 is 11.3 Å². The van der Waals surface area contributed by atoms with E-state index in [4.69, 9.17) is 0 Å². The third-order valence-electron chi connectivity index (χ3n) is 4.89. The van der Waals surface area contributed by atoms with Crippen molar-refractivity contribution in [2.45, 2.75) is 18.2 Å². The number of anilines is 1. The number of pyridine rings is 1. The number of benzene rings is 2. The van der Waals surface area contributed by atoms with Crippen LogP contribution in [0.5, 0.6) is 0 Å². The third-order valence-corrected chi connectivity index (χ3v) is 7.30. The van der Waals surface area contributed by atoms with Crippen LogP contribution in [-0.4, -0.2) is 25.9 Å². The summed E-state index contributed by atoms with van der Waals surface area (Å²) in [4.78, 5) is 18.3. The van der Waals surface area contributed by atoms with Crippen LogP contribution in [0, 0.1) is 6.92 Å². The van der Waals surface area contributed by atoms with Crippen LogP contribution in [0.3, 0.4) is 0 Å². The molecular weight excluding hydrogens is 430 g/mol. The molecule has 4 rings (SSSR count). The molecule has 0 aliphatic rings. The van der Waals surface area contributed by atoms with Crippen molar-refractivity contribution in [3.8, 4) is 0 Å². The van der Waals surface area contributed by atoms with Gasteiger partial charge >= 0.3 is 0 Å². The van der Waals surface area contributed by atoms with Crippen LogP contribution < -0.4 is 10.0 Å². The lowest BCUT2D eigenvalue weighted by Crippen LogP contribution is -2.26. The van der Waals surface area contributed by atoms with Crippen molar-refractivity contribution >= 4 is 43.9 Å². The molecule has 6 nitrogen and oxygen atoms in total. The molecule has 0 aliphatic carbocycles. The maximum absolute atomic E-state index is 12.7. The fourth-order valence-corrected chi connectivity index (χ4v) is 4.99. The molecule has 0 radical (unpaired) electrons. The lowest BCUT2D eigenvalue weighted by atomic mass is 10.1. The van der Waals surface area contributed by atoms with Crippen LogP contribution in [0.4, 0.5) is 5.69 Å². The second-order valence-corrected chi connectivity index (χ2v) is 9.83. The molecular formula is C23H21N3O3S2. The SMILES string of the molecule is Cc1ccc(NC(=O)c2ccc(S(=O)(=O)NCCc3cccs3)cc2)c2cccnc12. The van der Waals surface area contributed by atoms with E-state index >= 15 is 0 Å². The molecule has 0 unspecified atom stereocenters. The van der Waals surface area contributed by atoms with Gasteiger partial charge in [0.2, 0.25) is 10.0 Å². The number of nitrogens with zero attached hydrogens (tertiary/aromatic N) is 1. The normalized spacial score (nSPS) is 11.5. The van der Waals surface area contributed by atoms with Crippen molar-refractivity contribution in [3.05, 3.63) is 88.2 Å². The van der Waals surface area contributed by atoms with Crippen molar-refractivity contribution in [1.29, 1.82) is 0 Å². The summed E-state index contributed by atoms with van der Waals surface area (Å²) in [5, 5.41) is 5.71. The summed E-state index contributed by atoms with van der Waals surface area (Å²) in [7, 11) is -3.63. The van der Waals surface area contributed by atoms with Gasteiger partial charge in [-0.1, -0.05) is 12.1 Å². The summed E-state index contributed by atoms with van der Waals surface area (Å²) >= 11 is 1.59. The summed E-state index contributed by atoms with van der Waals surface area (Å²) in [6.07, 6.45) is 2.35. The van der Waals surface area contributed by atoms with E-state index in [0.29, 0.717) is 24.2 Å². The minimum absolute atomic E-state index is 0.125. The topological polar surface area (TPSA) is 88.2 Å². The average molecular weight is 452 g/mol. The van der Waals surface area contributed by atoms with Gasteiger partial charge in [0.15, 0.2) is 0 Å². The molecule has 0 saturated heterocycles. The summed E-state index contributed by atoms with van der Waals surface area (Å²) in [5.74, 6) is -0.316. The maximum Gasteiger partial charge on any atom is 0.255 e. The van der Waals surface area contributed by atoms with Crippen LogP contribution in [-0.2, 0) is 16.4 Å². The lowest BCUT2D eigenvalue weighted by Gasteiger charge is -2.11. The first-order chi connectivity index (χ1) is 14.9. The number of sulfonamides is 1. The Bertz CT molecular complexity index is 1320. The van der Waals surface area contributed by atoms with E-state index in [1.54, 1.807) is 17.5 Å². The monoisotopic (exact) mass is 451 g/mol. The standard InChI is InChI=1S/C23H21N3O3S2/c1-16-6-11-21(20-5-2-13-24-22(16)20)26-23(27)17-7-9-19(10-8-17)31(28,29)25-14-12-18-4-3-15-30-18/h2-11,13,15,25H,12,14H2,1H3,(H,26,27). The van der Waals surface area contributed by atoms with E-state index in [1.165, 1.54) is 24.3 Å². The number of rotatable bonds is 7. The molecule has 31 heavy (non-hydrogen) atoms. The summed E-state index contributed by atoms with van der Waals surface area (Å²) in [6.45, 7) is 2.29. The molecule has 0 saturated carbocycles. The van der Waals surface area contributed by atoms with Crippen molar-refractivity contribution < 1.29 is 13.2 Å². The van der Waals surface area contributed by atoms with E-state index in [0.717, 1.165) is 21.3 Å². The van der Waals surface area contributed by atoms with Crippen molar-refractivity contribution in [3.63, 3.8) is 0 Å². The first-order valence-corrected chi connectivity index (χ1v) is 12.1. The summed E-state index contributed by atoms with van der Waals surface area (Å²) in [6, 6.07) is 17.3. The van der Waals surface area contributed by atoms with Gasteiger partial charge in [0, 0.05) is 28.6 Å². The number of thiophene rings is 1. The van der Waals surface area contributed by atoms with Crippen molar-refractivity contribution in [2.24, 2.45) is 0 Å². The molecule has 8 heteroatoms. The molecule has 0 spiro atoms. The van der Waals surface area contributed by atoms with E-state index < -0.39 is 10.0 Å². The number of carbonyl (C=O) groups is 1. The van der Waals surface area contributed by atoms with Crippen LogP contribution in [0.15, 0.2) is 77.1 Å². The Labute approximate surface area is 185 Å². The minimum atomic E-state index is -3.63. The molecule has 0 atom stereocenters. The van der Waals surface area contributed by atoms with Gasteiger partial charge in [0.25, 0.3) is 5.91 Å². The van der Waals surface area contributed by atoms with E-state index in [2.05, 4.69) is 15.0 Å². The zero-order valence-corrected chi connectivity index (χ0v) is 18.5. The van der Waals surface area contributed by atoms with E-state index in [-0.39, 0.29) is 10.8 Å². The molecule has 2 aromatic carbocycles. The Kier molecular flexibility index (Phi) is 6.13. The van der Waals surface area contributed by atoms with Gasteiger partial charge in [-0.25, -0.2) is 13.1 Å². The van der Waals surface area contributed by atoms with Gasteiger partial charge in [-0.3, -0.25) is 9.78 Å². The molecule has 2 heterocycles. The minimum Gasteiger partial charge on any atom is -0.321 e. The smallest absolute Gasteiger partial charge is 0.255 e. The maximum atomic E-state index is 12.7. The Morgan fingerprint density at radius 2 is 1.84 bits per heavy atom. The third kappa shape index (κ3) is 4.82. The van der Waals surface area contributed by atoms with Crippen LogP contribution in [0.25, 0.3) is 10.9 Å². The molecule has 1 amide bonds. The summed E-state index contributed by atoms with van der Waals surface area (Å²) < 4.78 is 27.6. The predicted molar refractivity (Wildman–Crippen MR) is 124 cm³/mol. The van der Waals surface area contributed by atoms with Gasteiger partial charge in [-0.15, -0.1) is 11.3 Å². The molecule has 2 N–H and O–H groups in total. The molecule has 0 aliphatic heterocycles. The predicted octanol–water partition coefficient (Wildman–Crippen LogP) is 4.38. The van der Waals surface area contributed by atoms with Gasteiger partial charge in [0.1, 0.15) is 0 Å². The quantitative estimate of drug-likeness (QED) is 0.437. The number of carbonyl (C=O) groups excluding carboxylic acids is 1. The number of amides is 1. The van der Waals surface area contributed by atoms with Crippen molar-refractivity contribution in [1.82, 2.24) is 9.71 Å². The number of hydrogen-bond donors (Lipinski definition) is 2. The Morgan fingerprint density at radius 3 is 2.58 bits per heavy atom. The van der Waals surface area contributed by atoms with Crippen LogP contribution in [0.2, 0.25) is 0 Å². The number of fused-ring (bicyclic) bond motifs is 1. The lowest BCUT2D eigenvalue weighted by molar-refractivity contribution is 0.102. The highest BCUT2D eigenvalue weighted by Gasteiger charge is 2.15. The van der Waals surface area contributed by atoms with Gasteiger partial charge in [0.05, 0.1) is 16.1 Å². The van der Waals surface area contributed by atoms with Crippen molar-refractivity contribution in [2.75, 3.05) is 11.9 Å². The van der Waals surface area contributed by atoms with E-state index in [9.17, 15) is 13.2 Å². The number of aromatic nitrogens is 1. The highest BCUT2D eigenvalue weighted by Crippen LogP contribution is 2.25.